The lowest BCUT2D eigenvalue weighted by Gasteiger charge is -2.21. The van der Waals surface area contributed by atoms with Crippen LogP contribution in [0.5, 0.6) is 23.0 Å². The number of hydrogen-bond donors (Lipinski definition) is 0. The fraction of sp³-hybridized carbons (Fsp3) is 0.208. The zero-order chi connectivity index (χ0) is 24.0. The minimum atomic E-state index is -0.913. The summed E-state index contributed by atoms with van der Waals surface area (Å²) in [5.41, 5.74) is 1.11. The van der Waals surface area contributed by atoms with Gasteiger partial charge in [0.2, 0.25) is 11.5 Å². The first-order chi connectivity index (χ1) is 16.0. The normalized spacial score (nSPS) is 11.4. The standard InChI is InChI=1S/C24H21Cl2NO6/c1-30-20-7-5-4-6-15(20)19(29)13-33-23-14(8-9-21(31-2)24(23)32-3)16(12-28)22-17(25)10-27-11-18(22)26/h4-12,16H,13H2,1-3H3. The number of rotatable bonds is 10. The van der Waals surface area contributed by atoms with E-state index in [2.05, 4.69) is 4.98 Å². The van der Waals surface area contributed by atoms with Crippen LogP contribution in [0.3, 0.4) is 0 Å². The molecule has 0 spiro atoms. The van der Waals surface area contributed by atoms with Gasteiger partial charge < -0.3 is 23.7 Å². The van der Waals surface area contributed by atoms with Gasteiger partial charge in [0.05, 0.1) is 42.9 Å². The van der Waals surface area contributed by atoms with Crippen molar-refractivity contribution in [2.24, 2.45) is 0 Å². The molecule has 0 aliphatic rings. The molecule has 0 aliphatic heterocycles. The Bertz CT molecular complexity index is 1150. The summed E-state index contributed by atoms with van der Waals surface area (Å²) in [6.45, 7) is -0.347. The van der Waals surface area contributed by atoms with Crippen LogP contribution in [0.25, 0.3) is 0 Å². The first kappa shape index (κ1) is 24.4. The van der Waals surface area contributed by atoms with Gasteiger partial charge >= 0.3 is 0 Å². The van der Waals surface area contributed by atoms with E-state index in [1.165, 1.54) is 33.7 Å². The van der Waals surface area contributed by atoms with E-state index in [9.17, 15) is 9.59 Å². The van der Waals surface area contributed by atoms with E-state index >= 15 is 0 Å². The number of hydrogen-bond acceptors (Lipinski definition) is 7. The fourth-order valence-electron chi connectivity index (χ4n) is 3.41. The molecule has 1 atom stereocenters. The Hall–Kier alpha value is -3.29. The predicted molar refractivity (Wildman–Crippen MR) is 125 cm³/mol. The van der Waals surface area contributed by atoms with Crippen molar-refractivity contribution in [3.8, 4) is 23.0 Å². The molecule has 0 aliphatic carbocycles. The van der Waals surface area contributed by atoms with Crippen molar-refractivity contribution in [1.29, 1.82) is 0 Å². The van der Waals surface area contributed by atoms with Crippen LogP contribution in [0, 0.1) is 0 Å². The second-order valence-corrected chi connectivity index (χ2v) is 7.58. The molecule has 1 heterocycles. The number of Topliss-reactive ketones (excluding diaryl/α,β-unsaturated/α-hetero) is 1. The highest BCUT2D eigenvalue weighted by Gasteiger charge is 2.28. The number of aldehydes is 1. The summed E-state index contributed by atoms with van der Waals surface area (Å²) in [5.74, 6) is -0.0881. The summed E-state index contributed by atoms with van der Waals surface area (Å²) < 4.78 is 22.1. The summed E-state index contributed by atoms with van der Waals surface area (Å²) in [6.07, 6.45) is 3.47. The number of ether oxygens (including phenoxy) is 4. The molecule has 9 heteroatoms. The Morgan fingerprint density at radius 3 is 2.21 bits per heavy atom. The van der Waals surface area contributed by atoms with E-state index in [-0.39, 0.29) is 33.9 Å². The zero-order valence-electron chi connectivity index (χ0n) is 18.1. The van der Waals surface area contributed by atoms with Gasteiger partial charge in [0.25, 0.3) is 0 Å². The number of carbonyl (C=O) groups excluding carboxylic acids is 2. The van der Waals surface area contributed by atoms with Gasteiger partial charge in [0.15, 0.2) is 18.1 Å². The van der Waals surface area contributed by atoms with Crippen molar-refractivity contribution < 1.29 is 28.5 Å². The lowest BCUT2D eigenvalue weighted by atomic mass is 9.92. The average Bonchev–Trinajstić information content (AvgIpc) is 2.84. The first-order valence-corrected chi connectivity index (χ1v) is 10.5. The predicted octanol–water partition coefficient (Wildman–Crippen LogP) is 5.01. The van der Waals surface area contributed by atoms with Gasteiger partial charge in [0, 0.05) is 23.5 Å². The van der Waals surface area contributed by atoms with Crippen molar-refractivity contribution in [1.82, 2.24) is 4.98 Å². The Balaban J connectivity index is 2.07. The highest BCUT2D eigenvalue weighted by Crippen LogP contribution is 2.46. The number of pyridine rings is 1. The highest BCUT2D eigenvalue weighted by atomic mass is 35.5. The molecule has 3 aromatic rings. The number of benzene rings is 2. The van der Waals surface area contributed by atoms with Crippen molar-refractivity contribution in [2.75, 3.05) is 27.9 Å². The number of ketones is 1. The van der Waals surface area contributed by atoms with Crippen LogP contribution in [-0.2, 0) is 4.79 Å². The van der Waals surface area contributed by atoms with E-state index in [4.69, 9.17) is 42.1 Å². The zero-order valence-corrected chi connectivity index (χ0v) is 19.6. The van der Waals surface area contributed by atoms with Gasteiger partial charge in [-0.2, -0.15) is 0 Å². The molecule has 1 aromatic heterocycles. The van der Waals surface area contributed by atoms with Gasteiger partial charge in [-0.1, -0.05) is 41.4 Å². The third-order valence-electron chi connectivity index (χ3n) is 4.96. The largest absolute Gasteiger partial charge is 0.496 e. The number of aromatic nitrogens is 1. The molecule has 0 fully saturated rings. The molecular formula is C24H21Cl2NO6. The number of methoxy groups -OCH3 is 3. The van der Waals surface area contributed by atoms with Crippen molar-refractivity contribution >= 4 is 35.3 Å². The third-order valence-corrected chi connectivity index (χ3v) is 5.56. The monoisotopic (exact) mass is 489 g/mol. The summed E-state index contributed by atoms with van der Waals surface area (Å²) in [4.78, 5) is 29.0. The molecule has 0 saturated carbocycles. The summed E-state index contributed by atoms with van der Waals surface area (Å²) in [7, 11) is 4.38. The molecule has 2 aromatic carbocycles. The van der Waals surface area contributed by atoms with Crippen LogP contribution in [0.1, 0.15) is 27.4 Å². The van der Waals surface area contributed by atoms with E-state index < -0.39 is 5.92 Å². The lowest BCUT2D eigenvalue weighted by molar-refractivity contribution is -0.108. The Labute approximate surface area is 201 Å². The molecule has 0 N–H and O–H groups in total. The van der Waals surface area contributed by atoms with Crippen LogP contribution in [0.4, 0.5) is 0 Å². The maximum Gasteiger partial charge on any atom is 0.203 e. The SMILES string of the molecule is COc1ccccc1C(=O)COc1c(C(C=O)c2c(Cl)cncc2Cl)ccc(OC)c1OC. The molecule has 33 heavy (non-hydrogen) atoms. The number of carbonyl (C=O) groups is 2. The smallest absolute Gasteiger partial charge is 0.203 e. The number of para-hydroxylation sites is 1. The molecule has 0 bridgehead atoms. The Morgan fingerprint density at radius 1 is 0.939 bits per heavy atom. The van der Waals surface area contributed by atoms with Gasteiger partial charge in [-0.25, -0.2) is 0 Å². The van der Waals surface area contributed by atoms with Crippen LogP contribution >= 0.6 is 23.2 Å². The van der Waals surface area contributed by atoms with Gasteiger partial charge in [0.1, 0.15) is 12.0 Å². The van der Waals surface area contributed by atoms with Crippen molar-refractivity contribution in [3.05, 3.63) is 75.5 Å². The van der Waals surface area contributed by atoms with E-state index in [0.29, 0.717) is 34.5 Å². The molecule has 7 nitrogen and oxygen atoms in total. The van der Waals surface area contributed by atoms with Gasteiger partial charge in [-0.05, 0) is 18.2 Å². The van der Waals surface area contributed by atoms with Gasteiger partial charge in [-0.15, -0.1) is 0 Å². The second kappa shape index (κ2) is 11.0. The third kappa shape index (κ3) is 5.05. The van der Waals surface area contributed by atoms with E-state index in [0.717, 1.165) is 0 Å². The van der Waals surface area contributed by atoms with Gasteiger partial charge in [-0.3, -0.25) is 9.78 Å². The average molecular weight is 490 g/mol. The first-order valence-electron chi connectivity index (χ1n) is 9.74. The summed E-state index contributed by atoms with van der Waals surface area (Å²) >= 11 is 12.6. The minimum Gasteiger partial charge on any atom is -0.496 e. The molecule has 0 amide bonds. The van der Waals surface area contributed by atoms with Crippen LogP contribution in [-0.4, -0.2) is 45.0 Å². The van der Waals surface area contributed by atoms with Crippen LogP contribution < -0.4 is 18.9 Å². The van der Waals surface area contributed by atoms with Crippen molar-refractivity contribution in [2.45, 2.75) is 5.92 Å². The summed E-state index contributed by atoms with van der Waals surface area (Å²) in [5, 5.41) is 0.427. The molecule has 172 valence electrons. The lowest BCUT2D eigenvalue weighted by Crippen LogP contribution is -2.16. The van der Waals surface area contributed by atoms with Crippen LogP contribution in [0.15, 0.2) is 48.8 Å². The van der Waals surface area contributed by atoms with E-state index in [1.807, 2.05) is 0 Å². The molecule has 0 radical (unpaired) electrons. The molecule has 0 saturated heterocycles. The second-order valence-electron chi connectivity index (χ2n) is 6.76. The topological polar surface area (TPSA) is 84.0 Å². The molecule has 1 unspecified atom stereocenters. The quantitative estimate of drug-likeness (QED) is 0.292. The number of nitrogens with zero attached hydrogens (tertiary/aromatic N) is 1. The highest BCUT2D eigenvalue weighted by molar-refractivity contribution is 6.36. The Kier molecular flexibility index (Phi) is 8.14. The maximum absolute atomic E-state index is 12.9. The molecular weight excluding hydrogens is 469 g/mol. The molecule has 3 rings (SSSR count). The Morgan fingerprint density at radius 2 is 1.61 bits per heavy atom. The van der Waals surface area contributed by atoms with E-state index in [1.54, 1.807) is 36.4 Å². The number of halogens is 2. The fourth-order valence-corrected chi connectivity index (χ4v) is 4.01. The maximum atomic E-state index is 12.9. The van der Waals surface area contributed by atoms with Crippen LogP contribution in [0.2, 0.25) is 10.0 Å². The minimum absolute atomic E-state index is 0.154. The van der Waals surface area contributed by atoms with Crippen molar-refractivity contribution in [3.63, 3.8) is 0 Å². The summed E-state index contributed by atoms with van der Waals surface area (Å²) in [6, 6.07) is 10.1.